The number of carbonyl (C=O) groups excluding carboxylic acids is 5. The molecule has 0 fully saturated rings. The third-order valence-electron chi connectivity index (χ3n) is 10.4. The number of carboxylic acid groups (broad SMARTS) is 13. The lowest BCUT2D eigenvalue weighted by Gasteiger charge is -2.21. The van der Waals surface area contributed by atoms with Crippen molar-refractivity contribution in [2.75, 3.05) is 6.61 Å². The third kappa shape index (κ3) is 11.6. The predicted octanol–water partition coefficient (Wildman–Crippen LogP) is 2.27. The first-order valence-corrected chi connectivity index (χ1v) is 20.6. The van der Waals surface area contributed by atoms with Gasteiger partial charge in [-0.05, 0) is 6.42 Å². The van der Waals surface area contributed by atoms with Crippen LogP contribution in [0.1, 0.15) is 232 Å². The fraction of sp³-hybridized carbons (Fsp3) is 0.182. The van der Waals surface area contributed by atoms with Gasteiger partial charge in [0.1, 0.15) is 0 Å². The van der Waals surface area contributed by atoms with Crippen molar-refractivity contribution in [1.82, 2.24) is 0 Å². The SMILES string of the molecule is CCCCCCCCOC(=O)c1c(C(=O)O)c(C(=O)O)c(C(=O)O)c(C(=O)OC(=O)c2c(C(=O)O)c(C(=O)O)c(C(=O)O)c(C(=O)O)c2C(=O)O)c1C(=O)OC(=O)c1c(C(=O)O)c(C(=O)O)c(C(=O)O)c(C(=O)O)c1C(=O)O. The number of aromatic carboxylic acids is 13. The standard InChI is InChI=1S/C44H30O34/c1-2-3-4-5-6-7-8-76-40(71)24-20(38(67)68)15(33(57)58)21(39(69)70)25(43(74)77-41(72)22-16(34(59)60)11(29(49)50)9(27(45)46)12(30(51)52)17(22)35(61)62)26(24)44(75)78-42(73)23-18(36(63)64)13(31(53)54)10(28(47)48)14(32(55)56)19(23)37(65)66/h2-8H2,1H3,(H,45,46)(H,47,48)(H,49,50)(H,51,52)(H,53,54)(H,55,56)(H,57,58)(H,59,60)(H,61,62)(H,63,64)(H,65,66)(H,67,68)(H,69,70). The minimum absolute atomic E-state index is 0.160. The maximum absolute atomic E-state index is 14.5. The van der Waals surface area contributed by atoms with Crippen LogP contribution in [0.3, 0.4) is 0 Å². The molecule has 0 unspecified atom stereocenters. The Morgan fingerprint density at radius 1 is 0.231 bits per heavy atom. The number of hydrogen-bond acceptors (Lipinski definition) is 21. The van der Waals surface area contributed by atoms with Gasteiger partial charge in [-0.25, -0.2) is 86.3 Å². The van der Waals surface area contributed by atoms with Gasteiger partial charge < -0.3 is 80.6 Å². The molecule has 3 aromatic carbocycles. The summed E-state index contributed by atoms with van der Waals surface area (Å²) in [6.45, 7) is 0.906. The Bertz CT molecular complexity index is 3240. The molecule has 0 radical (unpaired) electrons. The molecule has 0 bridgehead atoms. The normalized spacial score (nSPS) is 10.5. The van der Waals surface area contributed by atoms with Crippen molar-refractivity contribution in [2.45, 2.75) is 45.4 Å². The minimum atomic E-state index is -3.13. The summed E-state index contributed by atoms with van der Waals surface area (Å²) in [4.78, 5) is 234. The third-order valence-corrected chi connectivity index (χ3v) is 10.4. The lowest BCUT2D eigenvalue weighted by molar-refractivity contribution is 0.0342. The molecule has 3 aromatic rings. The number of carbonyl (C=O) groups is 18. The maximum atomic E-state index is 14.5. The van der Waals surface area contributed by atoms with Crippen LogP contribution in [0.5, 0.6) is 0 Å². The predicted molar refractivity (Wildman–Crippen MR) is 233 cm³/mol. The average Bonchev–Trinajstić information content (AvgIpc) is 3.32. The smallest absolute Gasteiger partial charge is 0.347 e. The van der Waals surface area contributed by atoms with Gasteiger partial charge >= 0.3 is 107 Å². The van der Waals surface area contributed by atoms with Gasteiger partial charge in [-0.2, -0.15) is 0 Å². The van der Waals surface area contributed by atoms with Gasteiger partial charge in [0.15, 0.2) is 0 Å². The van der Waals surface area contributed by atoms with E-state index in [0.717, 1.165) is 0 Å². The summed E-state index contributed by atoms with van der Waals surface area (Å²) < 4.78 is 13.7. The van der Waals surface area contributed by atoms with Gasteiger partial charge in [-0.3, -0.25) is 0 Å². The zero-order chi connectivity index (χ0) is 59.9. The van der Waals surface area contributed by atoms with Crippen molar-refractivity contribution >= 4 is 107 Å². The zero-order valence-corrected chi connectivity index (χ0v) is 38.3. The van der Waals surface area contributed by atoms with Crippen molar-refractivity contribution in [3.05, 3.63) is 100 Å². The van der Waals surface area contributed by atoms with Crippen LogP contribution in [-0.2, 0) is 14.2 Å². The van der Waals surface area contributed by atoms with E-state index in [-0.39, 0.29) is 12.8 Å². The number of benzene rings is 3. The van der Waals surface area contributed by atoms with Crippen molar-refractivity contribution < 1.29 is 167 Å². The van der Waals surface area contributed by atoms with E-state index >= 15 is 0 Å². The van der Waals surface area contributed by atoms with E-state index in [1.165, 1.54) is 0 Å². The highest BCUT2D eigenvalue weighted by Crippen LogP contribution is 2.36. The molecule has 0 heterocycles. The number of rotatable bonds is 25. The number of hydrogen-bond donors (Lipinski definition) is 13. The molecule has 0 aliphatic rings. The molecular weight excluding hydrogens is 1070 g/mol. The average molecular weight is 1100 g/mol. The summed E-state index contributed by atoms with van der Waals surface area (Å²) in [5.41, 5.74) is -42.4. The molecule has 410 valence electrons. The molecule has 0 saturated heterocycles. The monoisotopic (exact) mass is 1100 g/mol. The van der Waals surface area contributed by atoms with Gasteiger partial charge in [0, 0.05) is 0 Å². The highest BCUT2D eigenvalue weighted by Gasteiger charge is 2.47. The van der Waals surface area contributed by atoms with Gasteiger partial charge in [-0.1, -0.05) is 39.0 Å². The molecule has 13 N–H and O–H groups in total. The molecule has 3 rings (SSSR count). The van der Waals surface area contributed by atoms with Crippen molar-refractivity contribution in [1.29, 1.82) is 0 Å². The zero-order valence-electron chi connectivity index (χ0n) is 38.3. The molecule has 0 atom stereocenters. The lowest BCUT2D eigenvalue weighted by atomic mass is 9.85. The Labute approximate surface area is 426 Å². The van der Waals surface area contributed by atoms with E-state index in [1.54, 1.807) is 0 Å². The van der Waals surface area contributed by atoms with Crippen LogP contribution >= 0.6 is 0 Å². The molecule has 0 aliphatic carbocycles. The molecule has 0 amide bonds. The van der Waals surface area contributed by atoms with Crippen molar-refractivity contribution in [3.8, 4) is 0 Å². The Morgan fingerprint density at radius 2 is 0.385 bits per heavy atom. The molecule has 0 spiro atoms. The van der Waals surface area contributed by atoms with Crippen LogP contribution in [0.4, 0.5) is 0 Å². The van der Waals surface area contributed by atoms with Crippen LogP contribution < -0.4 is 0 Å². The van der Waals surface area contributed by atoms with Crippen LogP contribution in [-0.4, -0.2) is 180 Å². The molecule has 34 nitrogen and oxygen atoms in total. The van der Waals surface area contributed by atoms with Crippen LogP contribution in [0.15, 0.2) is 0 Å². The first-order chi connectivity index (χ1) is 36.1. The van der Waals surface area contributed by atoms with Crippen LogP contribution in [0, 0.1) is 0 Å². The van der Waals surface area contributed by atoms with Gasteiger partial charge in [0.2, 0.25) is 0 Å². The van der Waals surface area contributed by atoms with Crippen LogP contribution in [0.25, 0.3) is 0 Å². The number of unbranched alkanes of at least 4 members (excludes halogenated alkanes) is 5. The Morgan fingerprint density at radius 3 is 0.590 bits per heavy atom. The van der Waals surface area contributed by atoms with Gasteiger partial charge in [0.25, 0.3) is 0 Å². The van der Waals surface area contributed by atoms with Gasteiger partial charge in [0.05, 0.1) is 107 Å². The lowest BCUT2D eigenvalue weighted by Crippen LogP contribution is -2.33. The van der Waals surface area contributed by atoms with E-state index in [1.807, 2.05) is 6.92 Å². The summed E-state index contributed by atoms with van der Waals surface area (Å²) >= 11 is 0. The molecule has 78 heavy (non-hydrogen) atoms. The molecule has 0 aliphatic heterocycles. The van der Waals surface area contributed by atoms with E-state index in [2.05, 4.69) is 9.47 Å². The second kappa shape index (κ2) is 24.0. The Balaban J connectivity index is 2.79. The van der Waals surface area contributed by atoms with Crippen LogP contribution in [0.2, 0.25) is 0 Å². The van der Waals surface area contributed by atoms with Gasteiger partial charge in [-0.15, -0.1) is 0 Å². The second-order valence-electron chi connectivity index (χ2n) is 15.0. The first-order valence-electron chi connectivity index (χ1n) is 20.6. The minimum Gasteiger partial charge on any atom is -0.478 e. The second-order valence-corrected chi connectivity index (χ2v) is 15.0. The topological polar surface area (TPSA) is 598 Å². The Kier molecular flexibility index (Phi) is 18.7. The first kappa shape index (κ1) is 60.8. The number of carboxylic acids is 13. The maximum Gasteiger partial charge on any atom is 0.347 e. The summed E-state index contributed by atoms with van der Waals surface area (Å²) in [6.07, 6.45) is 2.29. The van der Waals surface area contributed by atoms with Crippen molar-refractivity contribution in [2.24, 2.45) is 0 Å². The fourth-order valence-electron chi connectivity index (χ4n) is 7.54. The number of ether oxygens (including phenoxy) is 3. The summed E-state index contributed by atoms with van der Waals surface area (Å²) in [5, 5.41) is 130. The van der Waals surface area contributed by atoms with E-state index in [9.17, 15) is 153 Å². The quantitative estimate of drug-likeness (QED) is 0.0250. The molecule has 34 heteroatoms. The fourth-order valence-corrected chi connectivity index (χ4v) is 7.54. The van der Waals surface area contributed by atoms with E-state index < -0.39 is 214 Å². The summed E-state index contributed by atoms with van der Waals surface area (Å²) in [7, 11) is 0. The number of esters is 5. The van der Waals surface area contributed by atoms with E-state index in [0.29, 0.717) is 25.7 Å². The van der Waals surface area contributed by atoms with E-state index in [4.69, 9.17) is 4.74 Å². The summed E-state index contributed by atoms with van der Waals surface area (Å²) in [5.74, 6) is -51.4. The highest BCUT2D eigenvalue weighted by molar-refractivity contribution is 6.29. The molecule has 0 aromatic heterocycles. The highest BCUT2D eigenvalue weighted by atomic mass is 16.6. The van der Waals surface area contributed by atoms with Crippen molar-refractivity contribution in [3.63, 3.8) is 0 Å². The largest absolute Gasteiger partial charge is 0.478 e. The molecule has 0 saturated carbocycles. The Hall–Kier alpha value is -11.5. The molecular formula is C44H30O34. The summed E-state index contributed by atoms with van der Waals surface area (Å²) in [6, 6.07) is 0.